The van der Waals surface area contributed by atoms with Gasteiger partial charge in [-0.2, -0.15) is 8.62 Å². The van der Waals surface area contributed by atoms with Crippen LogP contribution in [0.15, 0.2) is 0 Å². The maximum absolute atomic E-state index is 10.4. The van der Waals surface area contributed by atoms with Crippen LogP contribution < -0.4 is 56.6 Å². The summed E-state index contributed by atoms with van der Waals surface area (Å²) < 4.78 is 36.4. The molecule has 0 fully saturated rings. The molecule has 0 unspecified atom stereocenters. The van der Waals surface area contributed by atoms with Crippen molar-refractivity contribution in [3.63, 3.8) is 0 Å². The topological polar surface area (TPSA) is 171 Å². The molecule has 0 spiro atoms. The summed E-state index contributed by atoms with van der Waals surface area (Å²) in [5, 5.41) is 0. The van der Waals surface area contributed by atoms with Crippen molar-refractivity contribution >= 4 is 23.5 Å². The van der Waals surface area contributed by atoms with Gasteiger partial charge in [-0.1, -0.05) is 0 Å². The van der Waals surface area contributed by atoms with E-state index in [-0.39, 0.29) is 95.0 Å². The van der Waals surface area contributed by atoms with E-state index in [1.165, 1.54) is 0 Å². The van der Waals surface area contributed by atoms with Crippen molar-refractivity contribution < 1.29 is 142 Å². The molecule has 0 aromatic carbocycles. The van der Waals surface area contributed by atoms with E-state index in [2.05, 4.69) is 8.62 Å². The number of hydrogen-bond donors (Lipinski definition) is 5. The molecule has 0 aromatic heterocycles. The molecule has 0 atom stereocenters. The monoisotopic (exact) mass is 394 g/mol. The quantitative estimate of drug-likeness (QED) is 0.228. The molecule has 5 N–H and O–H groups in total. The van der Waals surface area contributed by atoms with Gasteiger partial charge in [0.15, 0.2) is 0 Å². The second-order valence-corrected chi connectivity index (χ2v) is 5.82. The maximum Gasteiger partial charge on any atom is 1.00 e. The third-order valence-corrected chi connectivity index (χ3v) is 3.77. The van der Waals surface area contributed by atoms with Crippen LogP contribution in [0.5, 0.6) is 0 Å². The minimum atomic E-state index is -5.46. The van der Waals surface area contributed by atoms with Gasteiger partial charge in [-0.25, -0.2) is 13.7 Å². The SMILES string of the molecule is O=P(O)(O)OP(=O)(O)OP(=O)(O)O.[Fe].[Fe].[H-].[H-].[H-].[Li+].[Li+].[Li+]. The molecule has 0 aliphatic rings. The van der Waals surface area contributed by atoms with Crippen molar-refractivity contribution in [3.05, 3.63) is 0 Å². The minimum absolute atomic E-state index is 0. The van der Waals surface area contributed by atoms with Crippen LogP contribution in [0, 0.1) is 0 Å². The minimum Gasteiger partial charge on any atom is -1.00 e. The zero-order valence-corrected chi connectivity index (χ0v) is 14.2. The first-order valence-corrected chi connectivity index (χ1v) is 6.83. The average molecular weight is 393 g/mol. The fourth-order valence-electron chi connectivity index (χ4n) is 0.284. The molecule has 0 bridgehead atoms. The molecule has 0 aliphatic heterocycles. The van der Waals surface area contributed by atoms with E-state index in [1.807, 2.05) is 0 Å². The van der Waals surface area contributed by atoms with Crippen molar-refractivity contribution in [2.75, 3.05) is 0 Å². The summed E-state index contributed by atoms with van der Waals surface area (Å²) in [6.45, 7) is 0. The Balaban J connectivity index is -0.0000000257. The van der Waals surface area contributed by atoms with Gasteiger partial charge in [0.1, 0.15) is 0 Å². The molecule has 102 valence electrons. The Hall–Kier alpha value is 3.24. The summed E-state index contributed by atoms with van der Waals surface area (Å²) in [4.78, 5) is 40.2. The summed E-state index contributed by atoms with van der Waals surface area (Å²) in [5.41, 5.74) is 0. The maximum atomic E-state index is 10.4. The van der Waals surface area contributed by atoms with E-state index < -0.39 is 23.5 Å². The van der Waals surface area contributed by atoms with Gasteiger partial charge in [0.25, 0.3) is 0 Å². The molecule has 0 rings (SSSR count). The Morgan fingerprint density at radius 2 is 0.833 bits per heavy atom. The molecule has 0 heterocycles. The summed E-state index contributed by atoms with van der Waals surface area (Å²) in [5.74, 6) is 0. The summed E-state index contributed by atoms with van der Waals surface area (Å²) in [7, 11) is -16.2. The molecule has 18 heavy (non-hydrogen) atoms. The average Bonchev–Trinajstić information content (AvgIpc) is 1.43. The van der Waals surface area contributed by atoms with E-state index in [0.717, 1.165) is 0 Å². The van der Waals surface area contributed by atoms with E-state index in [1.54, 1.807) is 0 Å². The van der Waals surface area contributed by atoms with Crippen LogP contribution in [0.3, 0.4) is 0 Å². The fourth-order valence-corrected chi connectivity index (χ4v) is 2.82. The largest absolute Gasteiger partial charge is 1.00 e. The number of rotatable bonds is 4. The Morgan fingerprint density at radius 1 is 0.667 bits per heavy atom. The van der Waals surface area contributed by atoms with Gasteiger partial charge >= 0.3 is 80.0 Å². The number of phosphoric acid groups is 3. The first kappa shape index (κ1) is 37.5. The fraction of sp³-hybridized carbons (Fsp3) is 0. The van der Waals surface area contributed by atoms with Crippen molar-refractivity contribution in [2.45, 2.75) is 0 Å². The van der Waals surface area contributed by atoms with E-state index in [9.17, 15) is 13.7 Å². The van der Waals surface area contributed by atoms with Crippen LogP contribution in [0.25, 0.3) is 0 Å². The Labute approximate surface area is 164 Å². The first-order valence-electron chi connectivity index (χ1n) is 2.28. The van der Waals surface area contributed by atoms with Crippen molar-refractivity contribution in [1.82, 2.24) is 0 Å². The van der Waals surface area contributed by atoms with Gasteiger partial charge in [-0.3, -0.25) is 0 Å². The Morgan fingerprint density at radius 3 is 0.944 bits per heavy atom. The summed E-state index contributed by atoms with van der Waals surface area (Å²) in [6, 6.07) is 0. The Kier molecular flexibility index (Phi) is 28.9. The second-order valence-electron chi connectivity index (χ2n) is 1.61. The Bertz CT molecular complexity index is 305. The van der Waals surface area contributed by atoms with Crippen molar-refractivity contribution in [1.29, 1.82) is 0 Å². The van der Waals surface area contributed by atoms with Gasteiger partial charge in [0, 0.05) is 34.1 Å². The van der Waals surface area contributed by atoms with Gasteiger partial charge in [0.05, 0.1) is 0 Å². The van der Waals surface area contributed by atoms with E-state index in [4.69, 9.17) is 24.5 Å². The van der Waals surface area contributed by atoms with Gasteiger partial charge < -0.3 is 28.7 Å². The molecule has 18 heteroatoms. The van der Waals surface area contributed by atoms with Crippen LogP contribution in [0.2, 0.25) is 0 Å². The zero-order chi connectivity index (χ0) is 10.9. The van der Waals surface area contributed by atoms with Crippen LogP contribution in [-0.2, 0) is 56.5 Å². The van der Waals surface area contributed by atoms with Crippen LogP contribution in [0.1, 0.15) is 4.28 Å². The van der Waals surface area contributed by atoms with Crippen molar-refractivity contribution in [2.24, 2.45) is 0 Å². The third kappa shape index (κ3) is 27.6. The standard InChI is InChI=1S/2Fe.3Li.H5O10P3.3H/c;;;;;1-11(2,3)9-13(7,8)10-12(4,5)6;;;/h;;;;;(H,7,8)(H2,1,2,3)(H2,4,5,6);;;/q;;3*+1;;3*-1. The van der Waals surface area contributed by atoms with Crippen LogP contribution in [-0.4, -0.2) is 24.5 Å². The molecule has 0 amide bonds. The van der Waals surface area contributed by atoms with Crippen LogP contribution >= 0.6 is 23.5 Å². The zero-order valence-electron chi connectivity index (χ0n) is 12.3. The summed E-state index contributed by atoms with van der Waals surface area (Å²) in [6.07, 6.45) is 0. The molecule has 10 nitrogen and oxygen atoms in total. The molecular weight excluding hydrogens is 385 g/mol. The molecule has 0 saturated heterocycles. The van der Waals surface area contributed by atoms with E-state index in [0.29, 0.717) is 0 Å². The molecule has 0 saturated carbocycles. The van der Waals surface area contributed by atoms with Gasteiger partial charge in [-0.05, 0) is 0 Å². The molecule has 0 aliphatic carbocycles. The normalized spacial score (nSPS) is 10.5. The van der Waals surface area contributed by atoms with Crippen LogP contribution in [0.4, 0.5) is 0 Å². The van der Waals surface area contributed by atoms with Gasteiger partial charge in [-0.15, -0.1) is 0 Å². The number of hydrogen-bond acceptors (Lipinski definition) is 5. The predicted molar refractivity (Wildman–Crippen MR) is 39.4 cm³/mol. The first-order chi connectivity index (χ1) is 5.41. The van der Waals surface area contributed by atoms with E-state index >= 15 is 0 Å². The predicted octanol–water partition coefficient (Wildman–Crippen LogP) is -9.35. The van der Waals surface area contributed by atoms with Gasteiger partial charge in [0.2, 0.25) is 0 Å². The third-order valence-electron chi connectivity index (χ3n) is 0.419. The smallest absolute Gasteiger partial charge is 1.00 e. The molecule has 0 radical (unpaired) electrons. The van der Waals surface area contributed by atoms with Crippen molar-refractivity contribution in [3.8, 4) is 0 Å². The molecular formula is H8Fe2Li3O10P3. The summed E-state index contributed by atoms with van der Waals surface area (Å²) >= 11 is 0. The second kappa shape index (κ2) is 13.9. The molecule has 0 aromatic rings.